The van der Waals surface area contributed by atoms with E-state index in [-0.39, 0.29) is 5.92 Å². The van der Waals surface area contributed by atoms with Crippen LogP contribution < -0.4 is 0 Å². The molecule has 4 heteroatoms. The maximum atomic E-state index is 11.5. The fourth-order valence-corrected chi connectivity index (χ4v) is 2.93. The van der Waals surface area contributed by atoms with Crippen molar-refractivity contribution in [3.8, 4) is 0 Å². The van der Waals surface area contributed by atoms with Gasteiger partial charge in [-0.3, -0.25) is 4.79 Å². The highest BCUT2D eigenvalue weighted by Crippen LogP contribution is 2.15. The number of aliphatic hydroxyl groups excluding tert-OH is 1. The third-order valence-electron chi connectivity index (χ3n) is 3.97. The Kier molecular flexibility index (Phi) is 9.03. The summed E-state index contributed by atoms with van der Waals surface area (Å²) in [5.41, 5.74) is 1.85. The number of thiazole rings is 1. The number of hydrogen-bond acceptors (Lipinski definition) is 4. The van der Waals surface area contributed by atoms with Crippen LogP contribution in [0.1, 0.15) is 63.6 Å². The minimum absolute atomic E-state index is 0.172. The van der Waals surface area contributed by atoms with Crippen LogP contribution >= 0.6 is 11.3 Å². The van der Waals surface area contributed by atoms with Crippen molar-refractivity contribution in [2.24, 2.45) is 5.92 Å². The Morgan fingerprint density at radius 3 is 2.78 bits per heavy atom. The van der Waals surface area contributed by atoms with E-state index in [2.05, 4.69) is 11.1 Å². The molecule has 0 aromatic carbocycles. The minimum Gasteiger partial charge on any atom is -0.388 e. The molecule has 0 saturated heterocycles. The Morgan fingerprint density at radius 1 is 1.43 bits per heavy atom. The topological polar surface area (TPSA) is 50.2 Å². The number of aliphatic hydroxyl groups is 1. The van der Waals surface area contributed by atoms with Gasteiger partial charge in [0.05, 0.1) is 16.8 Å². The van der Waals surface area contributed by atoms with Crippen LogP contribution in [-0.2, 0) is 4.79 Å². The highest BCUT2D eigenvalue weighted by atomic mass is 32.1. The first-order chi connectivity index (χ1) is 10.9. The number of unbranched alkanes of at least 4 members (excludes halogenated alkanes) is 1. The highest BCUT2D eigenvalue weighted by Gasteiger charge is 2.09. The Bertz CT molecular complexity index is 545. The molecule has 1 rings (SSSR count). The monoisotopic (exact) mass is 335 g/mol. The molecule has 0 aliphatic rings. The summed E-state index contributed by atoms with van der Waals surface area (Å²) in [5.74, 6) is 0.521. The predicted octanol–water partition coefficient (Wildman–Crippen LogP) is 4.95. The zero-order valence-corrected chi connectivity index (χ0v) is 15.5. The fraction of sp³-hybridized carbons (Fsp3) is 0.579. The molecule has 0 saturated carbocycles. The van der Waals surface area contributed by atoms with Gasteiger partial charge < -0.3 is 5.11 Å². The second-order valence-corrected chi connectivity index (χ2v) is 7.12. The smallest absolute Gasteiger partial charge is 0.135 e. The second-order valence-electron chi connectivity index (χ2n) is 6.05. The number of rotatable bonds is 10. The summed E-state index contributed by atoms with van der Waals surface area (Å²) in [7, 11) is 0. The number of hydrogen-bond donors (Lipinski definition) is 1. The molecule has 0 bridgehead atoms. The summed E-state index contributed by atoms with van der Waals surface area (Å²) in [6.07, 6.45) is 9.79. The van der Waals surface area contributed by atoms with E-state index in [1.807, 2.05) is 45.2 Å². The Morgan fingerprint density at radius 2 is 2.17 bits per heavy atom. The van der Waals surface area contributed by atoms with Crippen LogP contribution in [0, 0.1) is 12.8 Å². The second kappa shape index (κ2) is 10.5. The van der Waals surface area contributed by atoms with E-state index in [0.717, 1.165) is 35.5 Å². The molecule has 2 unspecified atom stereocenters. The van der Waals surface area contributed by atoms with Gasteiger partial charge in [0.1, 0.15) is 5.78 Å². The molecule has 1 heterocycles. The van der Waals surface area contributed by atoms with E-state index in [1.54, 1.807) is 11.3 Å². The van der Waals surface area contributed by atoms with Gasteiger partial charge in [-0.15, -0.1) is 11.3 Å². The van der Waals surface area contributed by atoms with Crippen molar-refractivity contribution in [2.45, 2.75) is 65.9 Å². The van der Waals surface area contributed by atoms with Gasteiger partial charge in [0, 0.05) is 17.7 Å². The van der Waals surface area contributed by atoms with E-state index in [4.69, 9.17) is 0 Å². The third-order valence-corrected chi connectivity index (χ3v) is 4.76. The first-order valence-corrected chi connectivity index (χ1v) is 9.28. The van der Waals surface area contributed by atoms with Crippen molar-refractivity contribution in [1.82, 2.24) is 4.98 Å². The molecule has 0 amide bonds. The number of carbonyl (C=O) groups excluding carboxylic acids is 1. The number of ketones is 1. The minimum atomic E-state index is -0.464. The summed E-state index contributed by atoms with van der Waals surface area (Å²) in [6, 6.07) is 0. The normalized spacial score (nSPS) is 15.1. The van der Waals surface area contributed by atoms with E-state index in [9.17, 15) is 9.90 Å². The van der Waals surface area contributed by atoms with Crippen LogP contribution in [0.5, 0.6) is 0 Å². The van der Waals surface area contributed by atoms with Gasteiger partial charge in [-0.2, -0.15) is 0 Å². The Hall–Kier alpha value is -1.26. The van der Waals surface area contributed by atoms with Crippen molar-refractivity contribution in [3.63, 3.8) is 0 Å². The third kappa shape index (κ3) is 7.71. The van der Waals surface area contributed by atoms with E-state index >= 15 is 0 Å². The molecule has 2 atom stereocenters. The maximum absolute atomic E-state index is 11.5. The average Bonchev–Trinajstić information content (AvgIpc) is 2.94. The lowest BCUT2D eigenvalue weighted by atomic mass is 9.98. The number of carbonyl (C=O) groups is 1. The van der Waals surface area contributed by atoms with Crippen LogP contribution in [0.2, 0.25) is 0 Å². The molecule has 128 valence electrons. The Balaban J connectivity index is 2.28. The molecular formula is C19H29NO2S. The Labute approximate surface area is 144 Å². The van der Waals surface area contributed by atoms with Gasteiger partial charge in [-0.05, 0) is 51.2 Å². The summed E-state index contributed by atoms with van der Waals surface area (Å²) >= 11 is 1.62. The molecule has 23 heavy (non-hydrogen) atoms. The molecule has 1 N–H and O–H groups in total. The van der Waals surface area contributed by atoms with Gasteiger partial charge in [0.25, 0.3) is 0 Å². The van der Waals surface area contributed by atoms with Gasteiger partial charge in [0.2, 0.25) is 0 Å². The molecule has 0 fully saturated rings. The van der Waals surface area contributed by atoms with Crippen molar-refractivity contribution >= 4 is 23.2 Å². The van der Waals surface area contributed by atoms with Crippen LogP contribution in [0.15, 0.2) is 23.1 Å². The zero-order valence-electron chi connectivity index (χ0n) is 14.7. The largest absolute Gasteiger partial charge is 0.388 e. The van der Waals surface area contributed by atoms with Gasteiger partial charge in [-0.25, -0.2) is 4.98 Å². The zero-order chi connectivity index (χ0) is 17.2. The summed E-state index contributed by atoms with van der Waals surface area (Å²) in [4.78, 5) is 15.9. The van der Waals surface area contributed by atoms with Crippen molar-refractivity contribution in [2.75, 3.05) is 0 Å². The number of Topliss-reactive ketones (excluding diaryl/α,β-unsaturated/α-hetero) is 1. The van der Waals surface area contributed by atoms with Gasteiger partial charge in [0.15, 0.2) is 0 Å². The maximum Gasteiger partial charge on any atom is 0.135 e. The van der Waals surface area contributed by atoms with Crippen molar-refractivity contribution < 1.29 is 9.90 Å². The highest BCUT2D eigenvalue weighted by molar-refractivity contribution is 7.09. The van der Waals surface area contributed by atoms with Crippen molar-refractivity contribution in [3.05, 3.63) is 33.8 Å². The quantitative estimate of drug-likeness (QED) is 0.486. The lowest BCUT2D eigenvalue weighted by molar-refractivity contribution is -0.122. The fourth-order valence-electron chi connectivity index (χ4n) is 2.36. The van der Waals surface area contributed by atoms with E-state index < -0.39 is 6.10 Å². The van der Waals surface area contributed by atoms with Crippen LogP contribution in [0.4, 0.5) is 0 Å². The van der Waals surface area contributed by atoms with Crippen LogP contribution in [0.3, 0.4) is 0 Å². The molecule has 0 radical (unpaired) electrons. The van der Waals surface area contributed by atoms with E-state index in [1.165, 1.54) is 0 Å². The summed E-state index contributed by atoms with van der Waals surface area (Å²) in [6.45, 7) is 7.84. The number of allylic oxidation sites excluding steroid dienone is 1. The lowest BCUT2D eigenvalue weighted by Gasteiger charge is -2.08. The summed E-state index contributed by atoms with van der Waals surface area (Å²) < 4.78 is 0. The number of aryl methyl sites for hydroxylation is 1. The standard InChI is InChI=1S/C19H29NO2S/c1-5-18(21)14(2)10-8-6-7-9-11-19(22)15(3)12-17-13-23-16(4)20-17/h7,9,12-14,19,22H,5-6,8,10-11H2,1-4H3/b9-7+,15-12+. The molecule has 3 nitrogen and oxygen atoms in total. The molecule has 0 aliphatic carbocycles. The average molecular weight is 336 g/mol. The van der Waals surface area contributed by atoms with Crippen LogP contribution in [-0.4, -0.2) is 22.0 Å². The first-order valence-electron chi connectivity index (χ1n) is 8.40. The summed E-state index contributed by atoms with van der Waals surface area (Å²) in [5, 5.41) is 13.2. The molecule has 0 aliphatic heterocycles. The number of nitrogens with zero attached hydrogens (tertiary/aromatic N) is 1. The molecular weight excluding hydrogens is 306 g/mol. The van der Waals surface area contributed by atoms with Gasteiger partial charge >= 0.3 is 0 Å². The first kappa shape index (κ1) is 19.8. The number of aromatic nitrogens is 1. The molecule has 0 spiro atoms. The van der Waals surface area contributed by atoms with Gasteiger partial charge in [-0.1, -0.05) is 26.0 Å². The molecule has 1 aromatic heterocycles. The van der Waals surface area contributed by atoms with Crippen LogP contribution in [0.25, 0.3) is 6.08 Å². The molecule has 1 aromatic rings. The lowest BCUT2D eigenvalue weighted by Crippen LogP contribution is -2.08. The predicted molar refractivity (Wildman–Crippen MR) is 98.6 cm³/mol. The van der Waals surface area contributed by atoms with E-state index in [0.29, 0.717) is 18.6 Å². The van der Waals surface area contributed by atoms with Crippen molar-refractivity contribution in [1.29, 1.82) is 0 Å². The SMILES string of the molecule is CCC(=O)C(C)CCC/C=C/CC(O)/C(C)=C/c1csc(C)n1.